The third kappa shape index (κ3) is 3.93. The molecule has 5 atom stereocenters. The zero-order valence-electron chi connectivity index (χ0n) is 23.1. The highest BCUT2D eigenvalue weighted by Gasteiger charge is 2.78. The van der Waals surface area contributed by atoms with Gasteiger partial charge in [0.05, 0.1) is 37.3 Å². The van der Waals surface area contributed by atoms with Gasteiger partial charge in [-0.3, -0.25) is 4.79 Å². The van der Waals surface area contributed by atoms with Crippen LogP contribution in [0.15, 0.2) is 97.1 Å². The Bertz CT molecular complexity index is 1650. The smallest absolute Gasteiger partial charge is 0.312 e. The van der Waals surface area contributed by atoms with E-state index in [1.54, 1.807) is 36.4 Å². The number of hydrogen-bond donors (Lipinski definition) is 2. The highest BCUT2D eigenvalue weighted by atomic mass is 16.6. The second-order valence-electron chi connectivity index (χ2n) is 10.4. The lowest BCUT2D eigenvalue weighted by Crippen LogP contribution is -2.52. The summed E-state index contributed by atoms with van der Waals surface area (Å²) < 4.78 is 23.8. The van der Waals surface area contributed by atoms with Crippen LogP contribution in [0.3, 0.4) is 0 Å². The van der Waals surface area contributed by atoms with E-state index in [4.69, 9.17) is 18.9 Å². The minimum absolute atomic E-state index is 0.196. The SMILES string of the molecule is COC(=O)[C@H]1[C@@H](O)[C@@]2(O)c3c(OC)cc(OCc4ccccc4)cc3O[C@@]2(c2ccc(C#N)cc2)[C@@H]1c1ccccc1. The summed E-state index contributed by atoms with van der Waals surface area (Å²) in [5.41, 5.74) is -1.20. The fourth-order valence-corrected chi connectivity index (χ4v) is 6.56. The minimum Gasteiger partial charge on any atom is -0.496 e. The van der Waals surface area contributed by atoms with E-state index >= 15 is 0 Å². The zero-order valence-corrected chi connectivity index (χ0v) is 23.1. The molecular weight excluding hydrogens is 534 g/mol. The molecule has 1 saturated carbocycles. The van der Waals surface area contributed by atoms with Gasteiger partial charge in [-0.1, -0.05) is 72.8 Å². The third-order valence-corrected chi connectivity index (χ3v) is 8.37. The molecule has 1 aliphatic heterocycles. The van der Waals surface area contributed by atoms with Gasteiger partial charge in [-0.25, -0.2) is 0 Å². The third-order valence-electron chi connectivity index (χ3n) is 8.37. The highest BCUT2D eigenvalue weighted by molar-refractivity contribution is 5.78. The standard InChI is InChI=1S/C34H29NO7/c1-39-26-17-25(41-20-22-9-5-3-6-10-22)18-27-30(26)33(38)31(36)28(32(37)40-2)29(23-11-7-4-8-12-23)34(33,42-27)24-15-13-21(19-35)14-16-24/h3-18,28-29,31,36,38H,20H2,1-2H3/t28-,29-,31-,33+,34+/m1/s1. The number of nitriles is 1. The number of fused-ring (bicyclic) bond motifs is 3. The maximum absolute atomic E-state index is 13.4. The maximum atomic E-state index is 13.4. The molecule has 2 N–H and O–H groups in total. The van der Waals surface area contributed by atoms with Crippen molar-refractivity contribution in [2.24, 2.45) is 5.92 Å². The predicted molar refractivity (Wildman–Crippen MR) is 152 cm³/mol. The number of aliphatic hydroxyl groups is 2. The average Bonchev–Trinajstić information content (AvgIpc) is 3.42. The number of rotatable bonds is 7. The van der Waals surface area contributed by atoms with Crippen LogP contribution in [0.5, 0.6) is 17.2 Å². The first kappa shape index (κ1) is 27.3. The quantitative estimate of drug-likeness (QED) is 0.314. The lowest BCUT2D eigenvalue weighted by molar-refractivity contribution is -0.161. The fourth-order valence-electron chi connectivity index (χ4n) is 6.56. The Labute approximate surface area is 243 Å². The van der Waals surface area contributed by atoms with Crippen molar-refractivity contribution in [3.63, 3.8) is 0 Å². The molecule has 8 nitrogen and oxygen atoms in total. The summed E-state index contributed by atoms with van der Waals surface area (Å²) in [6, 6.07) is 30.8. The van der Waals surface area contributed by atoms with Crippen LogP contribution in [0.2, 0.25) is 0 Å². The normalized spacial score (nSPS) is 25.5. The van der Waals surface area contributed by atoms with Crippen molar-refractivity contribution < 1.29 is 34.0 Å². The van der Waals surface area contributed by atoms with Gasteiger partial charge < -0.3 is 29.2 Å². The number of hydrogen-bond acceptors (Lipinski definition) is 8. The largest absolute Gasteiger partial charge is 0.496 e. The van der Waals surface area contributed by atoms with E-state index in [2.05, 4.69) is 6.07 Å². The fraction of sp³-hybridized carbons (Fsp3) is 0.235. The van der Waals surface area contributed by atoms with Crippen LogP contribution < -0.4 is 14.2 Å². The molecule has 4 aromatic rings. The Morgan fingerprint density at radius 1 is 0.976 bits per heavy atom. The minimum atomic E-state index is -2.17. The number of aliphatic hydroxyl groups excluding tert-OH is 1. The van der Waals surface area contributed by atoms with E-state index in [1.807, 2.05) is 60.7 Å². The van der Waals surface area contributed by atoms with Gasteiger partial charge in [0.25, 0.3) is 0 Å². The molecule has 0 radical (unpaired) electrons. The summed E-state index contributed by atoms with van der Waals surface area (Å²) in [7, 11) is 2.70. The Balaban J connectivity index is 1.58. The van der Waals surface area contributed by atoms with Crippen molar-refractivity contribution in [2.75, 3.05) is 14.2 Å². The zero-order chi connectivity index (χ0) is 29.5. The van der Waals surface area contributed by atoms with E-state index in [-0.39, 0.29) is 23.7 Å². The monoisotopic (exact) mass is 563 g/mol. The molecule has 0 bridgehead atoms. The summed E-state index contributed by atoms with van der Waals surface area (Å²) in [4.78, 5) is 13.4. The van der Waals surface area contributed by atoms with Crippen molar-refractivity contribution in [3.8, 4) is 23.3 Å². The molecule has 212 valence electrons. The van der Waals surface area contributed by atoms with Gasteiger partial charge in [0.15, 0.2) is 11.2 Å². The Morgan fingerprint density at radius 2 is 1.64 bits per heavy atom. The van der Waals surface area contributed by atoms with Gasteiger partial charge in [-0.2, -0.15) is 5.26 Å². The first-order valence-corrected chi connectivity index (χ1v) is 13.5. The Hall–Kier alpha value is -4.84. The van der Waals surface area contributed by atoms with Crippen LogP contribution in [0, 0.1) is 17.2 Å². The van der Waals surface area contributed by atoms with E-state index < -0.39 is 35.1 Å². The van der Waals surface area contributed by atoms with Gasteiger partial charge in [-0.05, 0) is 28.8 Å². The first-order valence-electron chi connectivity index (χ1n) is 13.5. The van der Waals surface area contributed by atoms with Gasteiger partial charge in [0.2, 0.25) is 0 Å². The molecule has 1 heterocycles. The van der Waals surface area contributed by atoms with Crippen LogP contribution in [0.25, 0.3) is 0 Å². The molecule has 42 heavy (non-hydrogen) atoms. The number of methoxy groups -OCH3 is 2. The molecule has 8 heteroatoms. The lowest BCUT2D eigenvalue weighted by atomic mass is 9.70. The van der Waals surface area contributed by atoms with Gasteiger partial charge >= 0.3 is 5.97 Å². The Kier molecular flexibility index (Phi) is 6.85. The maximum Gasteiger partial charge on any atom is 0.312 e. The van der Waals surface area contributed by atoms with E-state index in [0.717, 1.165) is 5.56 Å². The topological polar surface area (TPSA) is 118 Å². The molecule has 0 unspecified atom stereocenters. The average molecular weight is 564 g/mol. The van der Waals surface area contributed by atoms with Crippen LogP contribution in [-0.2, 0) is 27.3 Å². The second kappa shape index (κ2) is 10.5. The number of nitrogens with zero attached hydrogens (tertiary/aromatic N) is 1. The number of benzene rings is 4. The van der Waals surface area contributed by atoms with Crippen LogP contribution >= 0.6 is 0 Å². The molecular formula is C34H29NO7. The summed E-state index contributed by atoms with van der Waals surface area (Å²) in [6.07, 6.45) is -1.66. The molecule has 2 aliphatic rings. The van der Waals surface area contributed by atoms with Crippen molar-refractivity contribution in [2.45, 2.75) is 29.8 Å². The van der Waals surface area contributed by atoms with Crippen molar-refractivity contribution >= 4 is 5.97 Å². The van der Waals surface area contributed by atoms with Gasteiger partial charge in [0, 0.05) is 18.1 Å². The molecule has 0 aromatic heterocycles. The predicted octanol–water partition coefficient (Wildman–Crippen LogP) is 4.57. The van der Waals surface area contributed by atoms with Crippen molar-refractivity contribution in [1.82, 2.24) is 0 Å². The van der Waals surface area contributed by atoms with Crippen molar-refractivity contribution in [1.29, 1.82) is 5.26 Å². The molecule has 6 rings (SSSR count). The van der Waals surface area contributed by atoms with E-state index in [1.165, 1.54) is 14.2 Å². The summed E-state index contributed by atoms with van der Waals surface area (Å²) >= 11 is 0. The number of esters is 1. The van der Waals surface area contributed by atoms with Crippen LogP contribution in [-0.4, -0.2) is 36.5 Å². The Morgan fingerprint density at radius 3 is 2.26 bits per heavy atom. The number of carbonyl (C=O) groups excluding carboxylic acids is 1. The molecule has 4 aromatic carbocycles. The molecule has 0 amide bonds. The van der Waals surface area contributed by atoms with E-state index in [9.17, 15) is 20.3 Å². The summed E-state index contributed by atoms with van der Waals surface area (Å²) in [6.45, 7) is 0.285. The molecule has 1 fully saturated rings. The summed E-state index contributed by atoms with van der Waals surface area (Å²) in [5.74, 6) is -1.89. The summed E-state index contributed by atoms with van der Waals surface area (Å²) in [5, 5.41) is 34.3. The molecule has 0 saturated heterocycles. The second-order valence-corrected chi connectivity index (χ2v) is 10.4. The molecule has 0 spiro atoms. The van der Waals surface area contributed by atoms with Gasteiger partial charge in [-0.15, -0.1) is 0 Å². The highest BCUT2D eigenvalue weighted by Crippen LogP contribution is 2.70. The van der Waals surface area contributed by atoms with Gasteiger partial charge in [0.1, 0.15) is 30.0 Å². The van der Waals surface area contributed by atoms with Crippen LogP contribution in [0.4, 0.5) is 0 Å². The lowest BCUT2D eigenvalue weighted by Gasteiger charge is -2.40. The number of carbonyl (C=O) groups is 1. The van der Waals surface area contributed by atoms with E-state index in [0.29, 0.717) is 22.4 Å². The first-order chi connectivity index (χ1) is 20.4. The molecule has 1 aliphatic carbocycles. The van der Waals surface area contributed by atoms with Crippen molar-refractivity contribution in [3.05, 3.63) is 125 Å². The van der Waals surface area contributed by atoms with Crippen LogP contribution in [0.1, 0.15) is 33.7 Å². The number of ether oxygens (including phenoxy) is 4.